The Kier molecular flexibility index (Phi) is 6.10. The Morgan fingerprint density at radius 1 is 1.23 bits per heavy atom. The zero-order valence-electron chi connectivity index (χ0n) is 13.1. The van der Waals surface area contributed by atoms with E-state index >= 15 is 0 Å². The van der Waals surface area contributed by atoms with Gasteiger partial charge in [-0.15, -0.1) is 0 Å². The van der Waals surface area contributed by atoms with Gasteiger partial charge in [-0.3, -0.25) is 9.59 Å². The molecule has 0 heterocycles. The predicted octanol–water partition coefficient (Wildman–Crippen LogP) is 1.62. The molecule has 0 unspecified atom stereocenters. The maximum absolute atomic E-state index is 12.2. The number of amides is 2. The maximum atomic E-state index is 12.2. The number of rotatable bonds is 7. The Morgan fingerprint density at radius 3 is 2.27 bits per heavy atom. The highest BCUT2D eigenvalue weighted by atomic mass is 16.4. The molecule has 22 heavy (non-hydrogen) atoms. The molecule has 0 fully saturated rings. The first-order valence-electron chi connectivity index (χ1n) is 7.15. The molecule has 1 aromatic carbocycles. The number of carboxylic acid groups (broad SMARTS) is 1. The van der Waals surface area contributed by atoms with Crippen LogP contribution in [0.5, 0.6) is 0 Å². The number of carboxylic acids is 1. The second kappa shape index (κ2) is 7.59. The van der Waals surface area contributed by atoms with E-state index in [1.807, 2.05) is 30.3 Å². The smallest absolute Gasteiger partial charge is 0.329 e. The summed E-state index contributed by atoms with van der Waals surface area (Å²) in [4.78, 5) is 34.7. The van der Waals surface area contributed by atoms with E-state index in [4.69, 9.17) is 0 Å². The Labute approximate surface area is 129 Å². The second-order valence-electron chi connectivity index (χ2n) is 5.41. The van der Waals surface area contributed by atoms with Gasteiger partial charge in [0, 0.05) is 6.92 Å². The van der Waals surface area contributed by atoms with Crippen LogP contribution in [-0.4, -0.2) is 28.4 Å². The standard InChI is InChI=1S/C16H22N2O4/c1-4-16(3,15(21)22)18-14(20)10-13(17-11(2)19)12-8-6-5-7-9-12/h5-9,13H,4,10H2,1-3H3,(H,17,19)(H,18,20)(H,21,22)/t13-,16-/m0/s1. The van der Waals surface area contributed by atoms with Crippen LogP contribution in [0, 0.1) is 0 Å². The van der Waals surface area contributed by atoms with Gasteiger partial charge in [0.25, 0.3) is 0 Å². The molecule has 6 heteroatoms. The summed E-state index contributed by atoms with van der Waals surface area (Å²) in [6, 6.07) is 8.60. The van der Waals surface area contributed by atoms with Crippen molar-refractivity contribution in [3.05, 3.63) is 35.9 Å². The lowest BCUT2D eigenvalue weighted by Gasteiger charge is -2.26. The Morgan fingerprint density at radius 2 is 1.82 bits per heavy atom. The maximum Gasteiger partial charge on any atom is 0.329 e. The van der Waals surface area contributed by atoms with Crippen LogP contribution in [0.4, 0.5) is 0 Å². The largest absolute Gasteiger partial charge is 0.480 e. The lowest BCUT2D eigenvalue weighted by Crippen LogP contribution is -2.52. The quantitative estimate of drug-likeness (QED) is 0.713. The SMILES string of the molecule is CC[C@](C)(NC(=O)C[C@H](NC(C)=O)c1ccccc1)C(=O)O. The third-order valence-corrected chi connectivity index (χ3v) is 3.56. The predicted molar refractivity (Wildman–Crippen MR) is 82.1 cm³/mol. The molecule has 0 saturated heterocycles. The van der Waals surface area contributed by atoms with Crippen LogP contribution in [0.25, 0.3) is 0 Å². The highest BCUT2D eigenvalue weighted by Gasteiger charge is 2.33. The lowest BCUT2D eigenvalue weighted by atomic mass is 9.97. The fraction of sp³-hybridized carbons (Fsp3) is 0.438. The molecular weight excluding hydrogens is 284 g/mol. The van der Waals surface area contributed by atoms with Gasteiger partial charge in [-0.1, -0.05) is 37.3 Å². The van der Waals surface area contributed by atoms with E-state index in [1.54, 1.807) is 6.92 Å². The fourth-order valence-corrected chi connectivity index (χ4v) is 2.02. The van der Waals surface area contributed by atoms with Gasteiger partial charge in [-0.05, 0) is 18.9 Å². The molecule has 0 aliphatic rings. The van der Waals surface area contributed by atoms with E-state index < -0.39 is 23.5 Å². The van der Waals surface area contributed by atoms with E-state index in [-0.39, 0.29) is 18.7 Å². The van der Waals surface area contributed by atoms with Gasteiger partial charge in [0.05, 0.1) is 12.5 Å². The monoisotopic (exact) mass is 306 g/mol. The van der Waals surface area contributed by atoms with Crippen LogP contribution in [-0.2, 0) is 14.4 Å². The van der Waals surface area contributed by atoms with Crippen molar-refractivity contribution < 1.29 is 19.5 Å². The Balaban J connectivity index is 2.84. The van der Waals surface area contributed by atoms with Crippen LogP contribution >= 0.6 is 0 Å². The second-order valence-corrected chi connectivity index (χ2v) is 5.41. The number of aliphatic carboxylic acids is 1. The third-order valence-electron chi connectivity index (χ3n) is 3.56. The van der Waals surface area contributed by atoms with Crippen LogP contribution in [0.2, 0.25) is 0 Å². The Bertz CT molecular complexity index is 544. The molecular formula is C16H22N2O4. The van der Waals surface area contributed by atoms with Crippen molar-refractivity contribution >= 4 is 17.8 Å². The molecule has 0 aromatic heterocycles. The Hall–Kier alpha value is -2.37. The van der Waals surface area contributed by atoms with E-state index in [1.165, 1.54) is 13.8 Å². The lowest BCUT2D eigenvalue weighted by molar-refractivity contribution is -0.147. The summed E-state index contributed by atoms with van der Waals surface area (Å²) in [6.45, 7) is 4.53. The molecule has 0 spiro atoms. The van der Waals surface area contributed by atoms with Gasteiger partial charge in [0.2, 0.25) is 11.8 Å². The molecule has 3 N–H and O–H groups in total. The number of hydrogen-bond acceptors (Lipinski definition) is 3. The number of hydrogen-bond donors (Lipinski definition) is 3. The van der Waals surface area contributed by atoms with Gasteiger partial charge in [0.1, 0.15) is 5.54 Å². The summed E-state index contributed by atoms with van der Waals surface area (Å²) in [5.41, 5.74) is -0.518. The normalized spacial score (nSPS) is 14.5. The van der Waals surface area contributed by atoms with Crippen molar-refractivity contribution in [2.45, 2.75) is 45.2 Å². The minimum Gasteiger partial charge on any atom is -0.480 e. The first-order valence-corrected chi connectivity index (χ1v) is 7.15. The average Bonchev–Trinajstić information content (AvgIpc) is 2.46. The summed E-state index contributed by atoms with van der Waals surface area (Å²) in [5.74, 6) is -1.76. The summed E-state index contributed by atoms with van der Waals surface area (Å²) in [6.07, 6.45) is 0.247. The van der Waals surface area contributed by atoms with Crippen LogP contribution in [0.3, 0.4) is 0 Å². The number of benzene rings is 1. The molecule has 1 rings (SSSR count). The van der Waals surface area contributed by atoms with Crippen LogP contribution < -0.4 is 10.6 Å². The van der Waals surface area contributed by atoms with Crippen molar-refractivity contribution in [1.82, 2.24) is 10.6 Å². The molecule has 0 bridgehead atoms. The third kappa shape index (κ3) is 4.87. The zero-order chi connectivity index (χ0) is 16.8. The summed E-state index contributed by atoms with van der Waals surface area (Å²) in [5, 5.41) is 14.4. The van der Waals surface area contributed by atoms with Gasteiger partial charge < -0.3 is 15.7 Å². The van der Waals surface area contributed by atoms with Crippen molar-refractivity contribution in [3.8, 4) is 0 Å². The van der Waals surface area contributed by atoms with E-state index in [0.717, 1.165) is 5.56 Å². The number of nitrogens with one attached hydrogen (secondary N) is 2. The molecule has 2 amide bonds. The highest BCUT2D eigenvalue weighted by molar-refractivity contribution is 5.87. The van der Waals surface area contributed by atoms with Crippen molar-refractivity contribution in [1.29, 1.82) is 0 Å². The average molecular weight is 306 g/mol. The first kappa shape index (κ1) is 17.7. The van der Waals surface area contributed by atoms with E-state index in [9.17, 15) is 19.5 Å². The fourth-order valence-electron chi connectivity index (χ4n) is 2.02. The van der Waals surface area contributed by atoms with Crippen LogP contribution in [0.1, 0.15) is 45.2 Å². The van der Waals surface area contributed by atoms with Crippen LogP contribution in [0.15, 0.2) is 30.3 Å². The zero-order valence-corrected chi connectivity index (χ0v) is 13.1. The molecule has 2 atom stereocenters. The molecule has 6 nitrogen and oxygen atoms in total. The molecule has 1 aromatic rings. The number of carbonyl (C=O) groups excluding carboxylic acids is 2. The molecule has 120 valence electrons. The minimum absolute atomic E-state index is 0.0214. The summed E-state index contributed by atoms with van der Waals surface area (Å²) >= 11 is 0. The summed E-state index contributed by atoms with van der Waals surface area (Å²) < 4.78 is 0. The number of carbonyl (C=O) groups is 3. The first-order chi connectivity index (χ1) is 10.3. The van der Waals surface area contributed by atoms with Gasteiger partial charge in [-0.2, -0.15) is 0 Å². The van der Waals surface area contributed by atoms with Gasteiger partial charge in [-0.25, -0.2) is 4.79 Å². The van der Waals surface area contributed by atoms with E-state index in [0.29, 0.717) is 0 Å². The van der Waals surface area contributed by atoms with Gasteiger partial charge in [0.15, 0.2) is 0 Å². The van der Waals surface area contributed by atoms with Crippen molar-refractivity contribution in [2.75, 3.05) is 0 Å². The van der Waals surface area contributed by atoms with Gasteiger partial charge >= 0.3 is 5.97 Å². The molecule has 0 saturated carbocycles. The van der Waals surface area contributed by atoms with Crippen molar-refractivity contribution in [2.24, 2.45) is 0 Å². The molecule has 0 radical (unpaired) electrons. The van der Waals surface area contributed by atoms with E-state index in [2.05, 4.69) is 10.6 Å². The topological polar surface area (TPSA) is 95.5 Å². The van der Waals surface area contributed by atoms with Crippen molar-refractivity contribution in [3.63, 3.8) is 0 Å². The molecule has 0 aliphatic carbocycles. The minimum atomic E-state index is -1.31. The molecule has 0 aliphatic heterocycles. The summed E-state index contributed by atoms with van der Waals surface area (Å²) in [7, 11) is 0. The highest BCUT2D eigenvalue weighted by Crippen LogP contribution is 2.18.